The number of aryl methyl sites for hydroxylation is 3. The summed E-state index contributed by atoms with van der Waals surface area (Å²) in [5.74, 6) is -0.167. The summed E-state index contributed by atoms with van der Waals surface area (Å²) in [7, 11) is -3.69. The number of sulfonamides is 1. The Kier molecular flexibility index (Phi) is 6.56. The zero-order chi connectivity index (χ0) is 21.0. The largest absolute Gasteiger partial charge is 0.326 e. The van der Waals surface area contributed by atoms with E-state index in [0.29, 0.717) is 22.8 Å². The highest BCUT2D eigenvalue weighted by Crippen LogP contribution is 2.22. The quantitative estimate of drug-likeness (QED) is 0.543. The summed E-state index contributed by atoms with van der Waals surface area (Å²) in [6, 6.07) is 11.9. The molecule has 0 fully saturated rings. The molecule has 0 aliphatic heterocycles. The second-order valence-corrected chi connectivity index (χ2v) is 9.52. The average molecular weight is 450 g/mol. The molecule has 29 heavy (non-hydrogen) atoms. The molecule has 2 aromatic carbocycles. The van der Waals surface area contributed by atoms with Gasteiger partial charge in [0.15, 0.2) is 5.13 Å². The number of benzene rings is 2. The second-order valence-electron chi connectivity index (χ2n) is 6.57. The van der Waals surface area contributed by atoms with Gasteiger partial charge in [0.25, 0.3) is 10.0 Å². The van der Waals surface area contributed by atoms with E-state index in [1.807, 2.05) is 19.9 Å². The number of anilines is 2. The van der Waals surface area contributed by atoms with E-state index in [1.54, 1.807) is 41.8 Å². The standard InChI is InChI=1S/C20H20ClN3O3S2/c1-13-3-8-17(9-4-13)29(26,27)24-20-23-16(12-28-20)7-10-19(25)22-15-6-5-14(2)18(21)11-15/h3-6,8-9,11-12H,7,10H2,1-2H3,(H,22,25)(H,23,24). The Morgan fingerprint density at radius 2 is 1.86 bits per heavy atom. The Bertz CT molecular complexity index is 1130. The van der Waals surface area contributed by atoms with Gasteiger partial charge < -0.3 is 5.32 Å². The molecule has 0 bridgehead atoms. The molecule has 9 heteroatoms. The van der Waals surface area contributed by atoms with Crippen LogP contribution in [0.15, 0.2) is 52.7 Å². The minimum absolute atomic E-state index is 0.167. The third-order valence-electron chi connectivity index (χ3n) is 4.17. The highest BCUT2D eigenvalue weighted by Gasteiger charge is 2.16. The van der Waals surface area contributed by atoms with Crippen molar-refractivity contribution in [2.24, 2.45) is 0 Å². The number of hydrogen-bond donors (Lipinski definition) is 2. The molecule has 0 radical (unpaired) electrons. The smallest absolute Gasteiger partial charge is 0.263 e. The zero-order valence-corrected chi connectivity index (χ0v) is 18.3. The number of carbonyl (C=O) groups excluding carboxylic acids is 1. The van der Waals surface area contributed by atoms with E-state index in [1.165, 1.54) is 11.3 Å². The van der Waals surface area contributed by atoms with Crippen molar-refractivity contribution in [3.8, 4) is 0 Å². The lowest BCUT2D eigenvalue weighted by Gasteiger charge is -2.06. The van der Waals surface area contributed by atoms with Gasteiger partial charge in [-0.25, -0.2) is 13.4 Å². The van der Waals surface area contributed by atoms with E-state index >= 15 is 0 Å². The molecule has 1 aromatic heterocycles. The van der Waals surface area contributed by atoms with Crippen molar-refractivity contribution < 1.29 is 13.2 Å². The van der Waals surface area contributed by atoms with Crippen LogP contribution in [0.25, 0.3) is 0 Å². The van der Waals surface area contributed by atoms with Gasteiger partial charge >= 0.3 is 0 Å². The monoisotopic (exact) mass is 449 g/mol. The van der Waals surface area contributed by atoms with Gasteiger partial charge in [0.2, 0.25) is 5.91 Å². The van der Waals surface area contributed by atoms with E-state index in [9.17, 15) is 13.2 Å². The van der Waals surface area contributed by atoms with Crippen LogP contribution in [0.2, 0.25) is 5.02 Å². The van der Waals surface area contributed by atoms with E-state index in [-0.39, 0.29) is 22.4 Å². The van der Waals surface area contributed by atoms with Crippen molar-refractivity contribution in [3.05, 3.63) is 69.7 Å². The minimum atomic E-state index is -3.69. The van der Waals surface area contributed by atoms with Gasteiger partial charge in [-0.05, 0) is 50.1 Å². The molecule has 152 valence electrons. The Morgan fingerprint density at radius 3 is 2.55 bits per heavy atom. The van der Waals surface area contributed by atoms with Gasteiger partial charge in [-0.1, -0.05) is 35.4 Å². The van der Waals surface area contributed by atoms with Gasteiger partial charge in [0, 0.05) is 22.5 Å². The van der Waals surface area contributed by atoms with Crippen LogP contribution in [-0.4, -0.2) is 19.3 Å². The SMILES string of the molecule is Cc1ccc(S(=O)(=O)Nc2nc(CCC(=O)Nc3ccc(C)c(Cl)c3)cs2)cc1. The summed E-state index contributed by atoms with van der Waals surface area (Å²) < 4.78 is 27.3. The van der Waals surface area contributed by atoms with Crippen molar-refractivity contribution >= 4 is 49.7 Å². The molecule has 3 rings (SSSR count). The summed E-state index contributed by atoms with van der Waals surface area (Å²) in [4.78, 5) is 16.6. The molecule has 0 spiro atoms. The number of thiazole rings is 1. The maximum Gasteiger partial charge on any atom is 0.263 e. The lowest BCUT2D eigenvalue weighted by Crippen LogP contribution is -2.13. The molecular weight excluding hydrogens is 430 g/mol. The number of halogens is 1. The molecule has 3 aromatic rings. The summed E-state index contributed by atoms with van der Waals surface area (Å²) in [6.07, 6.45) is 0.619. The molecule has 1 heterocycles. The van der Waals surface area contributed by atoms with Crippen LogP contribution in [0.1, 0.15) is 23.2 Å². The Balaban J connectivity index is 1.56. The first kappa shape index (κ1) is 21.3. The predicted molar refractivity (Wildman–Crippen MR) is 117 cm³/mol. The van der Waals surface area contributed by atoms with Crippen molar-refractivity contribution in [2.75, 3.05) is 10.0 Å². The summed E-state index contributed by atoms with van der Waals surface area (Å²) in [6.45, 7) is 3.78. The van der Waals surface area contributed by atoms with E-state index in [2.05, 4.69) is 15.0 Å². The van der Waals surface area contributed by atoms with E-state index in [4.69, 9.17) is 11.6 Å². The number of nitrogens with zero attached hydrogens (tertiary/aromatic N) is 1. The fraction of sp³-hybridized carbons (Fsp3) is 0.200. The van der Waals surface area contributed by atoms with Gasteiger partial charge in [-0.3, -0.25) is 9.52 Å². The third-order valence-corrected chi connectivity index (χ3v) is 6.87. The normalized spacial score (nSPS) is 11.3. The fourth-order valence-electron chi connectivity index (χ4n) is 2.50. The average Bonchev–Trinajstić information content (AvgIpc) is 3.10. The topological polar surface area (TPSA) is 88.2 Å². The van der Waals surface area contributed by atoms with E-state index < -0.39 is 10.0 Å². The Morgan fingerprint density at radius 1 is 1.14 bits per heavy atom. The molecule has 0 saturated carbocycles. The third kappa shape index (κ3) is 5.79. The first-order chi connectivity index (χ1) is 13.7. The van der Waals surface area contributed by atoms with Gasteiger partial charge in [0.1, 0.15) is 0 Å². The maximum absolute atomic E-state index is 12.4. The molecule has 0 aliphatic rings. The van der Waals surface area contributed by atoms with Crippen molar-refractivity contribution in [2.45, 2.75) is 31.6 Å². The highest BCUT2D eigenvalue weighted by atomic mass is 35.5. The number of aromatic nitrogens is 1. The number of nitrogens with one attached hydrogen (secondary N) is 2. The predicted octanol–water partition coefficient (Wildman–Crippen LogP) is 4.79. The molecule has 0 aliphatic carbocycles. The van der Waals surface area contributed by atoms with Crippen molar-refractivity contribution in [3.63, 3.8) is 0 Å². The summed E-state index contributed by atoms with van der Waals surface area (Å²) in [5.41, 5.74) is 3.20. The van der Waals surface area contributed by atoms with Gasteiger partial charge in [-0.2, -0.15) is 0 Å². The Hall–Kier alpha value is -2.42. The fourth-order valence-corrected chi connectivity index (χ4v) is 4.67. The molecule has 1 amide bonds. The number of amides is 1. The van der Waals surface area contributed by atoms with E-state index in [0.717, 1.165) is 11.1 Å². The lowest BCUT2D eigenvalue weighted by molar-refractivity contribution is -0.116. The van der Waals surface area contributed by atoms with Crippen LogP contribution in [0.3, 0.4) is 0 Å². The lowest BCUT2D eigenvalue weighted by atomic mass is 10.2. The maximum atomic E-state index is 12.4. The molecule has 0 unspecified atom stereocenters. The molecular formula is C20H20ClN3O3S2. The second kappa shape index (κ2) is 8.94. The Labute approximate surface area is 179 Å². The number of rotatable bonds is 7. The van der Waals surface area contributed by atoms with Crippen LogP contribution in [0.5, 0.6) is 0 Å². The van der Waals surface area contributed by atoms with Crippen LogP contribution in [-0.2, 0) is 21.2 Å². The van der Waals surface area contributed by atoms with Crippen molar-refractivity contribution in [1.82, 2.24) is 4.98 Å². The van der Waals surface area contributed by atoms with Crippen LogP contribution < -0.4 is 10.0 Å². The molecule has 6 nitrogen and oxygen atoms in total. The van der Waals surface area contributed by atoms with Crippen LogP contribution in [0, 0.1) is 13.8 Å². The first-order valence-electron chi connectivity index (χ1n) is 8.83. The van der Waals surface area contributed by atoms with Gasteiger partial charge in [-0.15, -0.1) is 11.3 Å². The van der Waals surface area contributed by atoms with Gasteiger partial charge in [0.05, 0.1) is 10.6 Å². The summed E-state index contributed by atoms with van der Waals surface area (Å²) >= 11 is 7.24. The highest BCUT2D eigenvalue weighted by molar-refractivity contribution is 7.93. The number of hydrogen-bond acceptors (Lipinski definition) is 5. The molecule has 0 atom stereocenters. The molecule has 0 saturated heterocycles. The minimum Gasteiger partial charge on any atom is -0.326 e. The molecule has 2 N–H and O–H groups in total. The first-order valence-corrected chi connectivity index (χ1v) is 11.6. The zero-order valence-electron chi connectivity index (χ0n) is 15.9. The van der Waals surface area contributed by atoms with Crippen molar-refractivity contribution in [1.29, 1.82) is 0 Å². The number of carbonyl (C=O) groups is 1. The van der Waals surface area contributed by atoms with Crippen LogP contribution in [0.4, 0.5) is 10.8 Å². The van der Waals surface area contributed by atoms with Crippen LogP contribution >= 0.6 is 22.9 Å². The summed E-state index contributed by atoms with van der Waals surface area (Å²) in [5, 5.41) is 5.39.